The zero-order chi connectivity index (χ0) is 17.3. The first kappa shape index (κ1) is 16.0. The van der Waals surface area contributed by atoms with Gasteiger partial charge in [-0.15, -0.1) is 0 Å². The molecule has 1 heterocycles. The SMILES string of the molecule is Cc1ccc2c(c1)C(=CC(=O)c1ccc(C#N)cc1)NC(C)(C)C2. The van der Waals surface area contributed by atoms with Crippen LogP contribution in [0.1, 0.15) is 46.5 Å². The smallest absolute Gasteiger partial charge is 0.187 e. The summed E-state index contributed by atoms with van der Waals surface area (Å²) < 4.78 is 0. The molecule has 0 aliphatic carbocycles. The molecule has 120 valence electrons. The predicted octanol–water partition coefficient (Wildman–Crippen LogP) is 4.01. The molecule has 3 nitrogen and oxygen atoms in total. The van der Waals surface area contributed by atoms with Crippen molar-refractivity contribution in [3.63, 3.8) is 0 Å². The van der Waals surface area contributed by atoms with E-state index < -0.39 is 0 Å². The second-order valence-corrected chi connectivity index (χ2v) is 6.96. The van der Waals surface area contributed by atoms with Crippen LogP contribution in [0.25, 0.3) is 5.70 Å². The van der Waals surface area contributed by atoms with Crippen molar-refractivity contribution in [2.75, 3.05) is 0 Å². The molecule has 1 aliphatic rings. The molecule has 0 saturated heterocycles. The highest BCUT2D eigenvalue weighted by Crippen LogP contribution is 2.30. The molecule has 0 amide bonds. The van der Waals surface area contributed by atoms with Gasteiger partial charge in [0.2, 0.25) is 0 Å². The number of benzene rings is 2. The maximum atomic E-state index is 12.6. The highest BCUT2D eigenvalue weighted by Gasteiger charge is 2.27. The first-order valence-corrected chi connectivity index (χ1v) is 8.02. The number of fused-ring (bicyclic) bond motifs is 1. The van der Waals surface area contributed by atoms with Crippen LogP contribution in [0.3, 0.4) is 0 Å². The van der Waals surface area contributed by atoms with Crippen LogP contribution in [0, 0.1) is 18.3 Å². The van der Waals surface area contributed by atoms with E-state index in [9.17, 15) is 4.79 Å². The lowest BCUT2D eigenvalue weighted by Gasteiger charge is -2.35. The molecule has 0 saturated carbocycles. The lowest BCUT2D eigenvalue weighted by molar-refractivity contribution is 0.104. The van der Waals surface area contributed by atoms with Crippen molar-refractivity contribution in [2.45, 2.75) is 32.7 Å². The van der Waals surface area contributed by atoms with Crippen LogP contribution in [0.4, 0.5) is 0 Å². The van der Waals surface area contributed by atoms with E-state index in [4.69, 9.17) is 5.26 Å². The minimum absolute atomic E-state index is 0.0628. The van der Waals surface area contributed by atoms with Crippen molar-refractivity contribution in [2.24, 2.45) is 0 Å². The Bertz CT molecular complexity index is 868. The summed E-state index contributed by atoms with van der Waals surface area (Å²) >= 11 is 0. The monoisotopic (exact) mass is 316 g/mol. The summed E-state index contributed by atoms with van der Waals surface area (Å²) in [5.74, 6) is -0.0628. The third-order valence-electron chi connectivity index (χ3n) is 4.23. The van der Waals surface area contributed by atoms with Gasteiger partial charge >= 0.3 is 0 Å². The molecule has 0 aromatic heterocycles. The number of carbonyl (C=O) groups excluding carboxylic acids is 1. The zero-order valence-electron chi connectivity index (χ0n) is 14.2. The van der Waals surface area contributed by atoms with Crippen molar-refractivity contribution in [3.8, 4) is 6.07 Å². The second-order valence-electron chi connectivity index (χ2n) is 6.96. The molecule has 1 aliphatic heterocycles. The molecular formula is C21H20N2O. The van der Waals surface area contributed by atoms with Crippen molar-refractivity contribution in [1.29, 1.82) is 5.26 Å². The third kappa shape index (κ3) is 3.23. The Morgan fingerprint density at radius 1 is 1.21 bits per heavy atom. The number of nitriles is 1. The second kappa shape index (κ2) is 5.98. The number of nitrogens with zero attached hydrogens (tertiary/aromatic N) is 1. The van der Waals surface area contributed by atoms with Gasteiger partial charge in [-0.25, -0.2) is 0 Å². The van der Waals surface area contributed by atoms with Crippen LogP contribution in [0.5, 0.6) is 0 Å². The molecule has 2 aromatic carbocycles. The molecule has 0 fully saturated rings. The molecule has 3 rings (SSSR count). The summed E-state index contributed by atoms with van der Waals surface area (Å²) in [4.78, 5) is 12.6. The van der Waals surface area contributed by atoms with Gasteiger partial charge in [0, 0.05) is 28.4 Å². The van der Waals surface area contributed by atoms with Gasteiger partial charge in [-0.3, -0.25) is 4.79 Å². The minimum Gasteiger partial charge on any atom is -0.379 e. The molecule has 24 heavy (non-hydrogen) atoms. The summed E-state index contributed by atoms with van der Waals surface area (Å²) in [6, 6.07) is 15.2. The number of ketones is 1. The van der Waals surface area contributed by atoms with E-state index in [1.807, 2.05) is 0 Å². The quantitative estimate of drug-likeness (QED) is 0.672. The summed E-state index contributed by atoms with van der Waals surface area (Å²) in [5, 5.41) is 12.4. The van der Waals surface area contributed by atoms with Crippen LogP contribution < -0.4 is 5.32 Å². The molecule has 0 spiro atoms. The standard InChI is InChI=1S/C21H20N2O/c1-14-4-7-17-12-21(2,3)23-19(18(17)10-14)11-20(24)16-8-5-15(13-22)6-9-16/h4-11,23H,12H2,1-3H3. The van der Waals surface area contributed by atoms with Gasteiger partial charge in [-0.1, -0.05) is 17.7 Å². The predicted molar refractivity (Wildman–Crippen MR) is 95.6 cm³/mol. The number of nitrogens with one attached hydrogen (secondary N) is 1. The maximum Gasteiger partial charge on any atom is 0.187 e. The number of allylic oxidation sites excluding steroid dienone is 1. The summed E-state index contributed by atoms with van der Waals surface area (Å²) in [6.07, 6.45) is 2.59. The Morgan fingerprint density at radius 3 is 2.58 bits per heavy atom. The lowest BCUT2D eigenvalue weighted by Crippen LogP contribution is -2.43. The van der Waals surface area contributed by atoms with E-state index in [0.29, 0.717) is 11.1 Å². The van der Waals surface area contributed by atoms with E-state index in [0.717, 1.165) is 17.7 Å². The maximum absolute atomic E-state index is 12.6. The number of hydrogen-bond donors (Lipinski definition) is 1. The fourth-order valence-electron chi connectivity index (χ4n) is 3.08. The highest BCUT2D eigenvalue weighted by atomic mass is 16.1. The van der Waals surface area contributed by atoms with Crippen molar-refractivity contribution in [3.05, 3.63) is 76.4 Å². The van der Waals surface area contributed by atoms with Gasteiger partial charge in [-0.05, 0) is 63.1 Å². The highest BCUT2D eigenvalue weighted by molar-refractivity contribution is 6.08. The van der Waals surface area contributed by atoms with Gasteiger partial charge in [0.15, 0.2) is 5.78 Å². The van der Waals surface area contributed by atoms with Crippen molar-refractivity contribution >= 4 is 11.5 Å². The normalized spacial score (nSPS) is 16.8. The van der Waals surface area contributed by atoms with Crippen molar-refractivity contribution in [1.82, 2.24) is 5.32 Å². The molecule has 2 aromatic rings. The van der Waals surface area contributed by atoms with E-state index >= 15 is 0 Å². The largest absolute Gasteiger partial charge is 0.379 e. The number of rotatable bonds is 2. The van der Waals surface area contributed by atoms with E-state index in [-0.39, 0.29) is 11.3 Å². The molecule has 1 N–H and O–H groups in total. The van der Waals surface area contributed by atoms with E-state index in [2.05, 4.69) is 50.4 Å². The fraction of sp³-hybridized carbons (Fsp3) is 0.238. The van der Waals surface area contributed by atoms with Crippen LogP contribution in [0.2, 0.25) is 0 Å². The fourth-order valence-corrected chi connectivity index (χ4v) is 3.08. The Morgan fingerprint density at radius 2 is 1.92 bits per heavy atom. The zero-order valence-corrected chi connectivity index (χ0v) is 14.2. The third-order valence-corrected chi connectivity index (χ3v) is 4.23. The van der Waals surface area contributed by atoms with Gasteiger partial charge < -0.3 is 5.32 Å². The summed E-state index contributed by atoms with van der Waals surface area (Å²) in [7, 11) is 0. The Labute approximate surface area is 142 Å². The molecule has 0 atom stereocenters. The molecule has 0 radical (unpaired) electrons. The van der Waals surface area contributed by atoms with E-state index in [1.54, 1.807) is 30.3 Å². The van der Waals surface area contributed by atoms with Crippen LogP contribution in [-0.4, -0.2) is 11.3 Å². The summed E-state index contributed by atoms with van der Waals surface area (Å²) in [5.41, 5.74) is 5.42. The minimum atomic E-state index is -0.0982. The molecule has 0 bridgehead atoms. The van der Waals surface area contributed by atoms with E-state index in [1.165, 1.54) is 11.1 Å². The van der Waals surface area contributed by atoms with Crippen LogP contribution in [0.15, 0.2) is 48.5 Å². The van der Waals surface area contributed by atoms with Gasteiger partial charge in [0.25, 0.3) is 0 Å². The average molecular weight is 316 g/mol. The first-order valence-electron chi connectivity index (χ1n) is 8.02. The molecule has 0 unspecified atom stereocenters. The first-order chi connectivity index (χ1) is 11.4. The van der Waals surface area contributed by atoms with Crippen molar-refractivity contribution < 1.29 is 4.79 Å². The Balaban J connectivity index is 2.00. The van der Waals surface area contributed by atoms with Gasteiger partial charge in [-0.2, -0.15) is 5.26 Å². The van der Waals surface area contributed by atoms with Crippen LogP contribution in [-0.2, 0) is 6.42 Å². The number of carbonyl (C=O) groups is 1. The Kier molecular flexibility index (Phi) is 3.99. The molecule has 3 heteroatoms. The topological polar surface area (TPSA) is 52.9 Å². The summed E-state index contributed by atoms with van der Waals surface area (Å²) in [6.45, 7) is 6.33. The van der Waals surface area contributed by atoms with Gasteiger partial charge in [0.05, 0.1) is 11.6 Å². The van der Waals surface area contributed by atoms with Gasteiger partial charge in [0.1, 0.15) is 0 Å². The lowest BCUT2D eigenvalue weighted by atomic mass is 9.85. The average Bonchev–Trinajstić information content (AvgIpc) is 2.55. The number of hydrogen-bond acceptors (Lipinski definition) is 3. The van der Waals surface area contributed by atoms with Crippen LogP contribution >= 0.6 is 0 Å². The number of aryl methyl sites for hydroxylation is 1. The molecular weight excluding hydrogens is 296 g/mol. The Hall–Kier alpha value is -2.86.